The van der Waals surface area contributed by atoms with Crippen LogP contribution in [0.5, 0.6) is 0 Å². The van der Waals surface area contributed by atoms with Crippen LogP contribution in [-0.2, 0) is 15.4 Å². The molecular weight excluding hydrogens is 392 g/mol. The molecule has 1 aliphatic heterocycles. The van der Waals surface area contributed by atoms with E-state index in [-0.39, 0.29) is 9.30 Å². The van der Waals surface area contributed by atoms with Gasteiger partial charge in [-0.1, -0.05) is 43.5 Å². The van der Waals surface area contributed by atoms with Crippen molar-refractivity contribution in [2.45, 2.75) is 37.5 Å². The fourth-order valence-electron chi connectivity index (χ4n) is 5.64. The average Bonchev–Trinajstić information content (AvgIpc) is 3.06. The first kappa shape index (κ1) is 19.5. The smallest absolute Gasteiger partial charge is 0.264 e. The summed E-state index contributed by atoms with van der Waals surface area (Å²) in [5.41, 5.74) is 4.99. The molecule has 2 heterocycles. The van der Waals surface area contributed by atoms with Gasteiger partial charge < -0.3 is 0 Å². The SMILES string of the molecule is CS(=O)(=O)[N@+]1(c2ccc(-c3cccnc3)cc2)CC2(CCCCC2)c2ccccc21. The van der Waals surface area contributed by atoms with Crippen LogP contribution in [0.1, 0.15) is 37.7 Å². The van der Waals surface area contributed by atoms with Gasteiger partial charge in [-0.15, -0.1) is 0 Å². The maximum atomic E-state index is 13.5. The number of hydrogen-bond acceptors (Lipinski definition) is 3. The Hall–Kier alpha value is -2.50. The lowest BCUT2D eigenvalue weighted by Crippen LogP contribution is -2.51. The molecule has 1 atom stereocenters. The minimum Gasteiger partial charge on any atom is -0.264 e. The fourth-order valence-corrected chi connectivity index (χ4v) is 7.14. The van der Waals surface area contributed by atoms with Crippen molar-refractivity contribution in [1.29, 1.82) is 0 Å². The molecule has 1 aliphatic carbocycles. The molecule has 2 aromatic carbocycles. The van der Waals surface area contributed by atoms with Crippen molar-refractivity contribution in [1.82, 2.24) is 8.87 Å². The summed E-state index contributed by atoms with van der Waals surface area (Å²) in [6, 6.07) is 20.2. The van der Waals surface area contributed by atoms with Gasteiger partial charge in [0.25, 0.3) is 0 Å². The summed E-state index contributed by atoms with van der Waals surface area (Å²) in [6.07, 6.45) is 10.7. The van der Waals surface area contributed by atoms with E-state index in [1.807, 2.05) is 54.7 Å². The molecule has 5 rings (SSSR count). The van der Waals surface area contributed by atoms with Crippen LogP contribution in [0.15, 0.2) is 73.1 Å². The Balaban J connectivity index is 1.69. The minimum absolute atomic E-state index is 0.0556. The highest BCUT2D eigenvalue weighted by Gasteiger charge is 2.59. The van der Waals surface area contributed by atoms with Crippen LogP contribution in [-0.4, -0.2) is 26.2 Å². The van der Waals surface area contributed by atoms with Crippen LogP contribution in [0.25, 0.3) is 11.1 Å². The van der Waals surface area contributed by atoms with E-state index in [1.165, 1.54) is 18.2 Å². The number of hydrogen-bond donors (Lipinski definition) is 0. The number of rotatable bonds is 3. The van der Waals surface area contributed by atoms with Crippen molar-refractivity contribution in [3.8, 4) is 11.1 Å². The lowest BCUT2D eigenvalue weighted by atomic mass is 9.71. The molecule has 5 heteroatoms. The van der Waals surface area contributed by atoms with Gasteiger partial charge in [-0.05, 0) is 42.2 Å². The minimum atomic E-state index is -3.46. The van der Waals surface area contributed by atoms with Crippen molar-refractivity contribution in [2.75, 3.05) is 12.8 Å². The average molecular weight is 420 g/mol. The van der Waals surface area contributed by atoms with Crippen LogP contribution in [0, 0.1) is 0 Å². The van der Waals surface area contributed by atoms with Gasteiger partial charge in [0.1, 0.15) is 6.54 Å². The van der Waals surface area contributed by atoms with Crippen LogP contribution >= 0.6 is 0 Å². The monoisotopic (exact) mass is 419 g/mol. The second-order valence-electron chi connectivity index (χ2n) is 8.78. The molecule has 0 unspecified atom stereocenters. The number of quaternary nitrogens is 1. The second-order valence-corrected chi connectivity index (χ2v) is 10.9. The Labute approximate surface area is 178 Å². The van der Waals surface area contributed by atoms with Crippen molar-refractivity contribution < 1.29 is 8.42 Å². The van der Waals surface area contributed by atoms with Gasteiger partial charge >= 0.3 is 10.0 Å². The molecule has 1 spiro atoms. The number of nitrogens with zero attached hydrogens (tertiary/aromatic N) is 2. The Kier molecular flexibility index (Phi) is 4.56. The van der Waals surface area contributed by atoms with Crippen LogP contribution in [0.3, 0.4) is 0 Å². The highest BCUT2D eigenvalue weighted by atomic mass is 32.2. The van der Waals surface area contributed by atoms with Gasteiger partial charge in [0, 0.05) is 36.2 Å². The van der Waals surface area contributed by atoms with Crippen molar-refractivity contribution in [3.05, 3.63) is 78.6 Å². The van der Waals surface area contributed by atoms with Crippen LogP contribution in [0.4, 0.5) is 11.4 Å². The summed E-state index contributed by atoms with van der Waals surface area (Å²) in [5, 5.41) is 0. The topological polar surface area (TPSA) is 47.0 Å². The zero-order valence-electron chi connectivity index (χ0n) is 17.3. The lowest BCUT2D eigenvalue weighted by Gasteiger charge is -2.36. The fraction of sp³-hybridized carbons (Fsp3) is 0.320. The first-order valence-corrected chi connectivity index (χ1v) is 12.5. The molecule has 1 aromatic heterocycles. The standard InChI is InChI=1S/C25H27N2O2S/c1-30(28,29)27(22-13-11-20(12-14-22)21-8-7-17-26-18-21)19-25(15-5-2-6-16-25)23-9-3-4-10-24(23)27/h3-4,7-14,17-18H,2,5-6,15-16,19H2,1H3/q+1/t27-/m0/s1. The van der Waals surface area contributed by atoms with Gasteiger partial charge in [0.15, 0.2) is 11.4 Å². The summed E-state index contributed by atoms with van der Waals surface area (Å²) in [6.45, 7) is 0.595. The predicted octanol–water partition coefficient (Wildman–Crippen LogP) is 5.56. The Morgan fingerprint density at radius 3 is 2.27 bits per heavy atom. The van der Waals surface area contributed by atoms with E-state index in [0.717, 1.165) is 48.2 Å². The molecule has 1 saturated carbocycles. The highest BCUT2D eigenvalue weighted by molar-refractivity contribution is 7.90. The molecule has 30 heavy (non-hydrogen) atoms. The summed E-state index contributed by atoms with van der Waals surface area (Å²) >= 11 is 0. The van der Waals surface area contributed by atoms with Crippen LogP contribution < -0.4 is 3.89 Å². The molecule has 154 valence electrons. The van der Waals surface area contributed by atoms with Crippen LogP contribution in [0.2, 0.25) is 0 Å². The largest absolute Gasteiger partial charge is 0.303 e. The molecule has 0 amide bonds. The molecule has 0 radical (unpaired) electrons. The third-order valence-electron chi connectivity index (χ3n) is 7.05. The van der Waals surface area contributed by atoms with Gasteiger partial charge in [0.2, 0.25) is 0 Å². The molecule has 2 aliphatic rings. The summed E-state index contributed by atoms with van der Waals surface area (Å²) in [5.74, 6) is 0. The van der Waals surface area contributed by atoms with Crippen molar-refractivity contribution in [3.63, 3.8) is 0 Å². The van der Waals surface area contributed by atoms with Gasteiger partial charge in [-0.25, -0.2) is 0 Å². The Morgan fingerprint density at radius 2 is 1.60 bits per heavy atom. The number of fused-ring (bicyclic) bond motifs is 2. The summed E-state index contributed by atoms with van der Waals surface area (Å²) < 4.78 is 26.8. The first-order chi connectivity index (χ1) is 14.5. The maximum absolute atomic E-state index is 13.5. The van der Waals surface area contributed by atoms with E-state index >= 15 is 0 Å². The number of aromatic nitrogens is 1. The lowest BCUT2D eigenvalue weighted by molar-refractivity contribution is 0.284. The van der Waals surface area contributed by atoms with Crippen molar-refractivity contribution >= 4 is 21.4 Å². The van der Waals surface area contributed by atoms with Gasteiger partial charge in [-0.2, -0.15) is 12.3 Å². The van der Waals surface area contributed by atoms with E-state index in [1.54, 1.807) is 6.20 Å². The van der Waals surface area contributed by atoms with E-state index in [9.17, 15) is 8.42 Å². The maximum Gasteiger partial charge on any atom is 0.303 e. The normalized spacial score (nSPS) is 22.7. The van der Waals surface area contributed by atoms with E-state index in [2.05, 4.69) is 17.1 Å². The molecular formula is C25H27N2O2S+. The Bertz CT molecular complexity index is 1170. The zero-order chi connectivity index (χ0) is 20.8. The summed E-state index contributed by atoms with van der Waals surface area (Å²) in [4.78, 5) is 4.20. The highest BCUT2D eigenvalue weighted by Crippen LogP contribution is 2.56. The number of para-hydroxylation sites is 1. The Morgan fingerprint density at radius 1 is 0.867 bits per heavy atom. The third-order valence-corrected chi connectivity index (χ3v) is 8.71. The first-order valence-electron chi connectivity index (χ1n) is 10.7. The van der Waals surface area contributed by atoms with Crippen molar-refractivity contribution in [2.24, 2.45) is 0 Å². The molecule has 0 N–H and O–H groups in total. The molecule has 3 aromatic rings. The molecule has 4 nitrogen and oxygen atoms in total. The third kappa shape index (κ3) is 2.83. The number of pyridine rings is 1. The zero-order valence-corrected chi connectivity index (χ0v) is 18.1. The predicted molar refractivity (Wildman–Crippen MR) is 122 cm³/mol. The van der Waals surface area contributed by atoms with E-state index in [0.29, 0.717) is 6.54 Å². The second kappa shape index (κ2) is 7.03. The molecule has 0 bridgehead atoms. The molecule has 0 saturated heterocycles. The summed E-state index contributed by atoms with van der Waals surface area (Å²) in [7, 11) is -3.46. The van der Waals surface area contributed by atoms with Gasteiger partial charge in [-0.3, -0.25) is 4.98 Å². The van der Waals surface area contributed by atoms with E-state index < -0.39 is 10.0 Å². The quantitative estimate of drug-likeness (QED) is 0.522. The number of sulfonamides is 1. The van der Waals surface area contributed by atoms with Gasteiger partial charge in [0.05, 0.1) is 11.7 Å². The molecule has 1 fully saturated rings. The number of benzene rings is 2. The van der Waals surface area contributed by atoms with E-state index in [4.69, 9.17) is 0 Å².